The van der Waals surface area contributed by atoms with E-state index in [1.165, 1.54) is 25.7 Å². The van der Waals surface area contributed by atoms with E-state index in [1.807, 2.05) is 49.9 Å². The lowest BCUT2D eigenvalue weighted by Gasteiger charge is -2.48. The van der Waals surface area contributed by atoms with Crippen LogP contribution in [0.3, 0.4) is 0 Å². The summed E-state index contributed by atoms with van der Waals surface area (Å²) < 4.78 is 0. The van der Waals surface area contributed by atoms with Crippen LogP contribution in [0.15, 0.2) is 24.3 Å². The summed E-state index contributed by atoms with van der Waals surface area (Å²) in [5.74, 6) is 0.938. The predicted octanol–water partition coefficient (Wildman–Crippen LogP) is 5.20. The van der Waals surface area contributed by atoms with E-state index in [0.717, 1.165) is 37.8 Å². The van der Waals surface area contributed by atoms with Crippen molar-refractivity contribution in [2.45, 2.75) is 109 Å². The van der Waals surface area contributed by atoms with Gasteiger partial charge in [-0.1, -0.05) is 43.0 Å². The van der Waals surface area contributed by atoms with Crippen LogP contribution in [0.4, 0.5) is 0 Å². The summed E-state index contributed by atoms with van der Waals surface area (Å²) >= 11 is 6.14. The first-order chi connectivity index (χ1) is 19.9. The maximum Gasteiger partial charge on any atom is 0.245 e. The number of halogens is 1. The van der Waals surface area contributed by atoms with Gasteiger partial charge in [0.2, 0.25) is 17.7 Å². The van der Waals surface area contributed by atoms with Gasteiger partial charge in [0, 0.05) is 42.7 Å². The van der Waals surface area contributed by atoms with E-state index in [2.05, 4.69) is 22.6 Å². The van der Waals surface area contributed by atoms with Gasteiger partial charge < -0.3 is 20.4 Å². The van der Waals surface area contributed by atoms with Crippen LogP contribution in [0.1, 0.15) is 90.5 Å². The van der Waals surface area contributed by atoms with Crippen LogP contribution >= 0.6 is 11.6 Å². The molecule has 7 nitrogen and oxygen atoms in total. The van der Waals surface area contributed by atoms with Gasteiger partial charge in [-0.15, -0.1) is 0 Å². The van der Waals surface area contributed by atoms with Gasteiger partial charge in [-0.3, -0.25) is 14.4 Å². The van der Waals surface area contributed by atoms with Gasteiger partial charge in [-0.2, -0.15) is 0 Å². The highest BCUT2D eigenvalue weighted by Gasteiger charge is 2.49. The molecule has 2 bridgehead atoms. The Morgan fingerprint density at radius 2 is 1.67 bits per heavy atom. The van der Waals surface area contributed by atoms with E-state index in [1.54, 1.807) is 0 Å². The number of benzene rings is 1. The zero-order valence-corrected chi connectivity index (χ0v) is 26.8. The minimum Gasteiger partial charge on any atom is -0.351 e. The third-order valence-corrected chi connectivity index (χ3v) is 10.9. The van der Waals surface area contributed by atoms with Crippen molar-refractivity contribution < 1.29 is 14.4 Å². The molecule has 0 spiro atoms. The monoisotopic (exact) mass is 598 g/mol. The standard InChI is InChI=1S/C34H51ClN4O3/c1-33(2,3)37-32(42)34(25-8-6-5-7-9-25)16-18-39(19-17-34)31(41)28(21-23-10-13-26(35)14-11-23)36-30(40)27-20-24-12-15-29(27)38(4)22-24/h10-11,13-14,24-25,27-29H,5-9,12,15-22H2,1-4H3,(H,36,40)(H,37,42). The lowest BCUT2D eigenvalue weighted by molar-refractivity contribution is -0.148. The van der Waals surface area contributed by atoms with Crippen LogP contribution < -0.4 is 10.6 Å². The van der Waals surface area contributed by atoms with E-state index >= 15 is 0 Å². The first-order valence-corrected chi connectivity index (χ1v) is 16.7. The fourth-order valence-electron chi connectivity index (χ4n) is 8.38. The summed E-state index contributed by atoms with van der Waals surface area (Å²) in [6, 6.07) is 7.15. The van der Waals surface area contributed by atoms with Crippen molar-refractivity contribution in [1.82, 2.24) is 20.4 Å². The molecule has 3 saturated heterocycles. The van der Waals surface area contributed by atoms with Gasteiger partial charge in [0.25, 0.3) is 0 Å². The molecule has 1 aromatic carbocycles. The number of amides is 3. The molecular formula is C34H51ClN4O3. The SMILES string of the molecule is CN1CC2CCC1C(C(=O)NC(Cc1ccc(Cl)cc1)C(=O)N1CCC(C(=O)NC(C)(C)C)(C3CCCCC3)CC1)C2. The Labute approximate surface area is 257 Å². The Hall–Kier alpha value is -2.12. The summed E-state index contributed by atoms with van der Waals surface area (Å²) in [5, 5.41) is 7.17. The number of nitrogens with one attached hydrogen (secondary N) is 2. The zero-order valence-electron chi connectivity index (χ0n) is 26.1. The molecule has 6 rings (SSSR count). The van der Waals surface area contributed by atoms with E-state index in [9.17, 15) is 14.4 Å². The van der Waals surface area contributed by atoms with E-state index in [4.69, 9.17) is 11.6 Å². The molecule has 1 aromatic rings. The Balaban J connectivity index is 1.32. The van der Waals surface area contributed by atoms with Crippen molar-refractivity contribution in [3.63, 3.8) is 0 Å². The van der Waals surface area contributed by atoms with Crippen LogP contribution in [-0.4, -0.2) is 71.8 Å². The molecule has 42 heavy (non-hydrogen) atoms. The summed E-state index contributed by atoms with van der Waals surface area (Å²) in [5.41, 5.74) is 0.232. The summed E-state index contributed by atoms with van der Waals surface area (Å²) in [7, 11) is 2.12. The van der Waals surface area contributed by atoms with Gasteiger partial charge in [0.05, 0.1) is 11.3 Å². The summed E-state index contributed by atoms with van der Waals surface area (Å²) in [6.07, 6.45) is 10.6. The highest BCUT2D eigenvalue weighted by molar-refractivity contribution is 6.30. The fourth-order valence-corrected chi connectivity index (χ4v) is 8.51. The molecular weight excluding hydrogens is 548 g/mol. The molecule has 4 atom stereocenters. The Bertz CT molecular complexity index is 1120. The second kappa shape index (κ2) is 12.9. The van der Waals surface area contributed by atoms with Gasteiger partial charge >= 0.3 is 0 Å². The molecule has 5 fully saturated rings. The second-order valence-electron chi connectivity index (χ2n) is 14.7. The number of fused-ring (bicyclic) bond motifs is 3. The number of carbonyl (C=O) groups excluding carboxylic acids is 3. The number of rotatable bonds is 7. The normalized spacial score (nSPS) is 27.4. The first-order valence-electron chi connectivity index (χ1n) is 16.3. The van der Waals surface area contributed by atoms with Gasteiger partial charge in [0.15, 0.2) is 0 Å². The summed E-state index contributed by atoms with van der Waals surface area (Å²) in [4.78, 5) is 46.0. The lowest BCUT2D eigenvalue weighted by Crippen LogP contribution is -2.60. The third-order valence-electron chi connectivity index (χ3n) is 10.6. The average molecular weight is 599 g/mol. The number of likely N-dealkylation sites (tertiary alicyclic amines) is 1. The Morgan fingerprint density at radius 3 is 2.26 bits per heavy atom. The molecule has 0 aromatic heterocycles. The molecule has 4 unspecified atom stereocenters. The largest absolute Gasteiger partial charge is 0.351 e. The minimum absolute atomic E-state index is 0.00156. The topological polar surface area (TPSA) is 81.8 Å². The van der Waals surface area contributed by atoms with Gasteiger partial charge in [0.1, 0.15) is 6.04 Å². The maximum absolute atomic E-state index is 14.2. The van der Waals surface area contributed by atoms with Crippen molar-refractivity contribution in [1.29, 1.82) is 0 Å². The van der Waals surface area contributed by atoms with Crippen LogP contribution in [0.2, 0.25) is 5.02 Å². The summed E-state index contributed by atoms with van der Waals surface area (Å²) in [6.45, 7) is 8.25. The lowest BCUT2D eigenvalue weighted by atomic mass is 9.63. The minimum atomic E-state index is -0.644. The molecule has 2 saturated carbocycles. The number of hydrogen-bond acceptors (Lipinski definition) is 4. The molecule has 2 N–H and O–H groups in total. The van der Waals surface area contributed by atoms with Crippen molar-refractivity contribution in [2.24, 2.45) is 23.2 Å². The predicted molar refractivity (Wildman–Crippen MR) is 167 cm³/mol. The molecule has 5 aliphatic rings. The number of hydrogen-bond donors (Lipinski definition) is 2. The highest BCUT2D eigenvalue weighted by atomic mass is 35.5. The molecule has 8 heteroatoms. The Kier molecular flexibility index (Phi) is 9.58. The zero-order chi connectivity index (χ0) is 30.1. The third kappa shape index (κ3) is 6.99. The van der Waals surface area contributed by atoms with Crippen molar-refractivity contribution in [2.75, 3.05) is 26.7 Å². The van der Waals surface area contributed by atoms with Crippen LogP contribution in [0.25, 0.3) is 0 Å². The number of nitrogens with zero attached hydrogens (tertiary/aromatic N) is 2. The fraction of sp³-hybridized carbons (Fsp3) is 0.735. The Morgan fingerprint density at radius 1 is 1.00 bits per heavy atom. The average Bonchev–Trinajstić information content (AvgIpc) is 2.97. The number of piperidine rings is 3. The smallest absolute Gasteiger partial charge is 0.245 e. The van der Waals surface area contributed by atoms with Crippen LogP contribution in [0, 0.1) is 23.2 Å². The van der Waals surface area contributed by atoms with Crippen molar-refractivity contribution in [3.05, 3.63) is 34.9 Å². The van der Waals surface area contributed by atoms with Crippen LogP contribution in [-0.2, 0) is 20.8 Å². The quantitative estimate of drug-likeness (QED) is 0.452. The molecule has 2 aliphatic carbocycles. The van der Waals surface area contributed by atoms with Crippen LogP contribution in [0.5, 0.6) is 0 Å². The molecule has 232 valence electrons. The van der Waals surface area contributed by atoms with Crippen molar-refractivity contribution >= 4 is 29.3 Å². The maximum atomic E-state index is 14.2. The molecule has 0 radical (unpaired) electrons. The highest BCUT2D eigenvalue weighted by Crippen LogP contribution is 2.46. The molecule has 3 aliphatic heterocycles. The van der Waals surface area contributed by atoms with Gasteiger partial charge in [-0.05, 0) is 102 Å². The molecule has 3 heterocycles. The number of carbonyl (C=O) groups is 3. The first kappa shape index (κ1) is 31.3. The van der Waals surface area contributed by atoms with Crippen molar-refractivity contribution in [3.8, 4) is 0 Å². The molecule has 3 amide bonds. The van der Waals surface area contributed by atoms with E-state index < -0.39 is 11.5 Å². The van der Waals surface area contributed by atoms with E-state index in [0.29, 0.717) is 49.2 Å². The van der Waals surface area contributed by atoms with Gasteiger partial charge in [-0.25, -0.2) is 0 Å². The van der Waals surface area contributed by atoms with E-state index in [-0.39, 0.29) is 35.2 Å². The second-order valence-corrected chi connectivity index (χ2v) is 15.1.